The first-order valence-corrected chi connectivity index (χ1v) is 17.7. The highest BCUT2D eigenvalue weighted by atomic mass is 27.2. The van der Waals surface area contributed by atoms with E-state index in [1.807, 2.05) is 0 Å². The minimum atomic E-state index is -0.844. The summed E-state index contributed by atoms with van der Waals surface area (Å²) >= 11 is -0.844. The monoisotopic (exact) mass is 534 g/mol. The maximum absolute atomic E-state index is 2.35. The molecule has 0 heterocycles. The molecule has 0 nitrogen and oxygen atoms in total. The second kappa shape index (κ2) is 13.3. The van der Waals surface area contributed by atoms with Crippen molar-refractivity contribution < 1.29 is 0 Å². The fraction of sp³-hybridized carbons (Fsp3) is 0.231. The molecule has 1 heteroatoms. The summed E-state index contributed by atoms with van der Waals surface area (Å²) in [5, 5.41) is 12.8. The third-order valence-electron chi connectivity index (χ3n) is 8.82. The molecule has 6 rings (SSSR count). The molecule has 6 aromatic carbocycles. The number of hydrogen-bond acceptors (Lipinski definition) is 0. The van der Waals surface area contributed by atoms with E-state index < -0.39 is 14.1 Å². The van der Waals surface area contributed by atoms with Crippen LogP contribution in [0.25, 0.3) is 32.3 Å². The van der Waals surface area contributed by atoms with E-state index >= 15 is 0 Å². The largest absolute Gasteiger partial charge is 0.261 e. The van der Waals surface area contributed by atoms with Crippen LogP contribution in [-0.4, -0.2) is 14.1 Å². The predicted octanol–water partition coefficient (Wildman–Crippen LogP) is 10.8. The van der Waals surface area contributed by atoms with E-state index in [0.29, 0.717) is 0 Å². The lowest BCUT2D eigenvalue weighted by atomic mass is 10.0. The molecule has 0 bridgehead atoms. The lowest BCUT2D eigenvalue weighted by molar-refractivity contribution is 0.845. The Balaban J connectivity index is 1.11. The summed E-state index contributed by atoms with van der Waals surface area (Å²) in [5.74, 6) is 0. The summed E-state index contributed by atoms with van der Waals surface area (Å²) in [5.41, 5.74) is 4.58. The van der Waals surface area contributed by atoms with Gasteiger partial charge < -0.3 is 0 Å². The molecular weight excluding hydrogens is 495 g/mol. The molecule has 0 aromatic heterocycles. The maximum Gasteiger partial charge on any atom is 0.261 e. The standard InChI is InChI=1S/3C13H13.Al/c3*1-2-6-11-8-5-9-12-7-3-4-10-13(11)12;/h3*3-5,7-10H,1-2,6H2;. The topological polar surface area (TPSA) is 0 Å². The first-order chi connectivity index (χ1) is 19.8. The number of rotatable bonds is 12. The van der Waals surface area contributed by atoms with Gasteiger partial charge in [-0.05, 0) is 68.3 Å². The molecule has 0 saturated carbocycles. The number of benzene rings is 6. The van der Waals surface area contributed by atoms with Crippen LogP contribution in [-0.2, 0) is 19.3 Å². The van der Waals surface area contributed by atoms with Crippen molar-refractivity contribution in [3.8, 4) is 0 Å². The molecular formula is C39H39Al. The number of hydrogen-bond donors (Lipinski definition) is 0. The molecule has 0 N–H and O–H groups in total. The average molecular weight is 535 g/mol. The second-order valence-corrected chi connectivity index (χ2v) is 14.9. The van der Waals surface area contributed by atoms with E-state index in [1.54, 1.807) is 0 Å². The van der Waals surface area contributed by atoms with Crippen molar-refractivity contribution >= 4 is 46.5 Å². The van der Waals surface area contributed by atoms with Gasteiger partial charge in [0.05, 0.1) is 0 Å². The fourth-order valence-electron chi connectivity index (χ4n) is 6.71. The van der Waals surface area contributed by atoms with Crippen LogP contribution in [0, 0.1) is 0 Å². The predicted molar refractivity (Wildman–Crippen MR) is 177 cm³/mol. The van der Waals surface area contributed by atoms with Gasteiger partial charge in [-0.15, -0.1) is 0 Å². The van der Waals surface area contributed by atoms with Crippen molar-refractivity contribution in [1.82, 2.24) is 0 Å². The molecule has 0 spiro atoms. The highest BCUT2D eigenvalue weighted by Crippen LogP contribution is 2.26. The zero-order valence-corrected chi connectivity index (χ0v) is 24.7. The first-order valence-electron chi connectivity index (χ1n) is 15.2. The quantitative estimate of drug-likeness (QED) is 0.137. The third kappa shape index (κ3) is 6.50. The zero-order chi connectivity index (χ0) is 27.0. The lowest BCUT2D eigenvalue weighted by Crippen LogP contribution is -2.13. The summed E-state index contributed by atoms with van der Waals surface area (Å²) in [4.78, 5) is 0. The molecule has 0 fully saturated rings. The molecule has 0 aliphatic heterocycles. The van der Waals surface area contributed by atoms with Crippen molar-refractivity contribution in [1.29, 1.82) is 0 Å². The molecule has 0 unspecified atom stereocenters. The Morgan fingerprint density at radius 1 is 0.325 bits per heavy atom. The minimum Gasteiger partial charge on any atom is -0.0935 e. The van der Waals surface area contributed by atoms with Crippen molar-refractivity contribution in [3.63, 3.8) is 0 Å². The molecule has 0 aliphatic carbocycles. The van der Waals surface area contributed by atoms with Crippen molar-refractivity contribution in [2.75, 3.05) is 0 Å². The van der Waals surface area contributed by atoms with Crippen LogP contribution in [0.3, 0.4) is 0 Å². The number of aryl methyl sites for hydroxylation is 3. The summed E-state index contributed by atoms with van der Waals surface area (Å²) < 4.78 is 0. The molecule has 6 aromatic rings. The van der Waals surface area contributed by atoms with Crippen LogP contribution in [0.1, 0.15) is 36.0 Å². The van der Waals surface area contributed by atoms with Gasteiger partial charge >= 0.3 is 0 Å². The van der Waals surface area contributed by atoms with Crippen LogP contribution < -0.4 is 0 Å². The fourth-order valence-corrected chi connectivity index (χ4v) is 9.92. The van der Waals surface area contributed by atoms with Crippen molar-refractivity contribution in [3.05, 3.63) is 144 Å². The molecule has 0 aliphatic rings. The average Bonchev–Trinajstić information content (AvgIpc) is 3.01. The normalized spacial score (nSPS) is 11.4. The highest BCUT2D eigenvalue weighted by Gasteiger charge is 2.17. The van der Waals surface area contributed by atoms with Gasteiger partial charge in [0.2, 0.25) is 0 Å². The van der Waals surface area contributed by atoms with Gasteiger partial charge in [-0.25, -0.2) is 0 Å². The van der Waals surface area contributed by atoms with Gasteiger partial charge in [0.15, 0.2) is 0 Å². The van der Waals surface area contributed by atoms with Gasteiger partial charge in [-0.2, -0.15) is 0 Å². The van der Waals surface area contributed by atoms with Crippen LogP contribution in [0.2, 0.25) is 15.8 Å². The van der Waals surface area contributed by atoms with Gasteiger partial charge in [0.1, 0.15) is 0 Å². The molecule has 0 saturated heterocycles. The summed E-state index contributed by atoms with van der Waals surface area (Å²) in [7, 11) is 0. The first kappa shape index (κ1) is 26.8. The Morgan fingerprint density at radius 3 is 0.975 bits per heavy atom. The Kier molecular flexibility index (Phi) is 8.94. The second-order valence-electron chi connectivity index (χ2n) is 11.5. The van der Waals surface area contributed by atoms with E-state index in [4.69, 9.17) is 0 Å². The molecule has 40 heavy (non-hydrogen) atoms. The smallest absolute Gasteiger partial charge is 0.0935 e. The zero-order valence-electron chi connectivity index (χ0n) is 23.6. The lowest BCUT2D eigenvalue weighted by Gasteiger charge is -2.14. The van der Waals surface area contributed by atoms with Crippen LogP contribution in [0.4, 0.5) is 0 Å². The number of fused-ring (bicyclic) bond motifs is 3. The van der Waals surface area contributed by atoms with Crippen molar-refractivity contribution in [2.24, 2.45) is 0 Å². The molecule has 0 radical (unpaired) electrons. The van der Waals surface area contributed by atoms with Crippen LogP contribution >= 0.6 is 0 Å². The maximum atomic E-state index is 2.35. The Hall–Kier alpha value is -3.37. The summed E-state index contributed by atoms with van der Waals surface area (Å²) in [6.45, 7) is 0. The third-order valence-corrected chi connectivity index (χ3v) is 12.5. The molecule has 0 amide bonds. The van der Waals surface area contributed by atoms with Crippen LogP contribution in [0.15, 0.2) is 127 Å². The van der Waals surface area contributed by atoms with Gasteiger partial charge in [0.25, 0.3) is 14.1 Å². The Morgan fingerprint density at radius 2 is 0.625 bits per heavy atom. The van der Waals surface area contributed by atoms with E-state index in [9.17, 15) is 0 Å². The Bertz CT molecular complexity index is 1480. The SMILES string of the molecule is c1ccc2c(CC[CH2][Al]([CH2]CCc3cccc4ccccc34)[CH2]CCc3cccc4ccccc34)cccc2c1. The van der Waals surface area contributed by atoms with Crippen molar-refractivity contribution in [2.45, 2.75) is 54.4 Å². The minimum absolute atomic E-state index is 0.844. The van der Waals surface area contributed by atoms with Gasteiger partial charge in [0, 0.05) is 0 Å². The highest BCUT2D eigenvalue weighted by molar-refractivity contribution is 6.58. The van der Waals surface area contributed by atoms with E-state index in [-0.39, 0.29) is 0 Å². The van der Waals surface area contributed by atoms with E-state index in [0.717, 1.165) is 0 Å². The van der Waals surface area contributed by atoms with E-state index in [2.05, 4.69) is 127 Å². The summed E-state index contributed by atoms with van der Waals surface area (Å²) in [6, 6.07) is 47.1. The molecule has 0 atom stereocenters. The van der Waals surface area contributed by atoms with Gasteiger partial charge in [-0.3, -0.25) is 0 Å². The van der Waals surface area contributed by atoms with E-state index in [1.165, 1.54) is 103 Å². The summed E-state index contributed by atoms with van der Waals surface area (Å²) in [6.07, 6.45) is 7.60. The molecule has 198 valence electrons. The van der Waals surface area contributed by atoms with Crippen LogP contribution in [0.5, 0.6) is 0 Å². The van der Waals surface area contributed by atoms with Gasteiger partial charge in [-0.1, -0.05) is 163 Å². The Labute approximate surface area is 244 Å².